The number of esters is 1. The van der Waals surface area contributed by atoms with Crippen molar-refractivity contribution in [1.82, 2.24) is 0 Å². The number of hydrogen-bond donors (Lipinski definition) is 1. The van der Waals surface area contributed by atoms with Crippen LogP contribution in [0, 0.1) is 5.92 Å². The van der Waals surface area contributed by atoms with Gasteiger partial charge in [0.1, 0.15) is 11.7 Å². The van der Waals surface area contributed by atoms with E-state index in [2.05, 4.69) is 11.3 Å². The van der Waals surface area contributed by atoms with E-state index in [0.717, 1.165) is 0 Å². The first-order valence-electron chi connectivity index (χ1n) is 5.16. The summed E-state index contributed by atoms with van der Waals surface area (Å²) in [6.07, 6.45) is 0.409. The number of rotatable bonds is 5. The summed E-state index contributed by atoms with van der Waals surface area (Å²) < 4.78 is 9.61. The van der Waals surface area contributed by atoms with Gasteiger partial charge in [0.25, 0.3) is 0 Å². The Labute approximate surface area is 100 Å². The fraction of sp³-hybridized carbons (Fsp3) is 0.308. The van der Waals surface area contributed by atoms with Gasteiger partial charge in [0.2, 0.25) is 0 Å². The Kier molecular flexibility index (Phi) is 4.72. The second-order valence-corrected chi connectivity index (χ2v) is 3.50. The Bertz CT molecular complexity index is 383. The highest BCUT2D eigenvalue weighted by Gasteiger charge is 2.25. The molecule has 0 radical (unpaired) electrons. The summed E-state index contributed by atoms with van der Waals surface area (Å²) in [5, 5.41) is 10.0. The molecule has 0 fully saturated rings. The Morgan fingerprint density at radius 1 is 1.35 bits per heavy atom. The minimum atomic E-state index is -0.967. The van der Waals surface area contributed by atoms with Crippen molar-refractivity contribution in [3.63, 3.8) is 0 Å². The third kappa shape index (κ3) is 3.07. The van der Waals surface area contributed by atoms with Crippen LogP contribution in [0.2, 0.25) is 0 Å². The number of benzene rings is 1. The van der Waals surface area contributed by atoms with E-state index in [1.54, 1.807) is 31.4 Å². The van der Waals surface area contributed by atoms with Gasteiger partial charge in [-0.15, -0.1) is 6.58 Å². The summed E-state index contributed by atoms with van der Waals surface area (Å²) in [5.74, 6) is -0.592. The third-order valence-corrected chi connectivity index (χ3v) is 2.52. The fourth-order valence-corrected chi connectivity index (χ4v) is 1.50. The van der Waals surface area contributed by atoms with Crippen molar-refractivity contribution in [3.05, 3.63) is 42.5 Å². The van der Waals surface area contributed by atoms with E-state index >= 15 is 0 Å². The lowest BCUT2D eigenvalue weighted by molar-refractivity contribution is -0.147. The SMILES string of the molecule is C=CC(C(=O)OC)C(O)c1ccc(OC)cc1. The van der Waals surface area contributed by atoms with E-state index in [0.29, 0.717) is 11.3 Å². The first kappa shape index (κ1) is 13.3. The first-order chi connectivity index (χ1) is 8.13. The molecule has 0 aliphatic rings. The Morgan fingerprint density at radius 2 is 1.94 bits per heavy atom. The number of aliphatic hydroxyl groups excluding tert-OH is 1. The van der Waals surface area contributed by atoms with Crippen LogP contribution in [0.1, 0.15) is 11.7 Å². The summed E-state index contributed by atoms with van der Waals surface area (Å²) in [6.45, 7) is 3.52. The molecule has 0 spiro atoms. The van der Waals surface area contributed by atoms with Crippen molar-refractivity contribution in [2.75, 3.05) is 14.2 Å². The lowest BCUT2D eigenvalue weighted by Crippen LogP contribution is -2.21. The molecule has 0 heterocycles. The molecular formula is C13H16O4. The van der Waals surface area contributed by atoms with Crippen LogP contribution < -0.4 is 4.74 Å². The molecule has 4 heteroatoms. The highest BCUT2D eigenvalue weighted by atomic mass is 16.5. The minimum absolute atomic E-state index is 0.511. The highest BCUT2D eigenvalue weighted by molar-refractivity contribution is 5.75. The maximum absolute atomic E-state index is 11.4. The van der Waals surface area contributed by atoms with Gasteiger partial charge in [0.05, 0.1) is 20.3 Å². The number of methoxy groups -OCH3 is 2. The molecular weight excluding hydrogens is 220 g/mol. The van der Waals surface area contributed by atoms with Gasteiger partial charge >= 0.3 is 5.97 Å². The van der Waals surface area contributed by atoms with Gasteiger partial charge in [-0.2, -0.15) is 0 Å². The molecule has 0 saturated heterocycles. The van der Waals surface area contributed by atoms with Gasteiger partial charge in [-0.25, -0.2) is 0 Å². The van der Waals surface area contributed by atoms with E-state index in [1.165, 1.54) is 13.2 Å². The Morgan fingerprint density at radius 3 is 2.35 bits per heavy atom. The van der Waals surface area contributed by atoms with Crippen molar-refractivity contribution in [2.24, 2.45) is 5.92 Å². The van der Waals surface area contributed by atoms with Gasteiger partial charge in [0.15, 0.2) is 0 Å². The van der Waals surface area contributed by atoms with Crippen molar-refractivity contribution in [1.29, 1.82) is 0 Å². The van der Waals surface area contributed by atoms with Gasteiger partial charge in [-0.05, 0) is 17.7 Å². The molecule has 0 aliphatic carbocycles. The zero-order valence-corrected chi connectivity index (χ0v) is 9.92. The molecule has 1 aromatic carbocycles. The van der Waals surface area contributed by atoms with Crippen LogP contribution in [0.5, 0.6) is 5.75 Å². The number of carbonyl (C=O) groups is 1. The smallest absolute Gasteiger partial charge is 0.315 e. The van der Waals surface area contributed by atoms with Gasteiger partial charge in [0, 0.05) is 0 Å². The van der Waals surface area contributed by atoms with E-state index in [-0.39, 0.29) is 0 Å². The summed E-state index contributed by atoms with van der Waals surface area (Å²) >= 11 is 0. The second kappa shape index (κ2) is 6.06. The molecule has 0 amide bonds. The van der Waals surface area contributed by atoms with Crippen molar-refractivity contribution < 1.29 is 19.4 Å². The predicted molar refractivity (Wildman–Crippen MR) is 63.7 cm³/mol. The number of ether oxygens (including phenoxy) is 2. The third-order valence-electron chi connectivity index (χ3n) is 2.52. The summed E-state index contributed by atoms with van der Waals surface area (Å²) in [5.41, 5.74) is 0.612. The van der Waals surface area contributed by atoms with Crippen molar-refractivity contribution in [2.45, 2.75) is 6.10 Å². The van der Waals surface area contributed by atoms with Gasteiger partial charge < -0.3 is 14.6 Å². The summed E-state index contributed by atoms with van der Waals surface area (Å²) in [4.78, 5) is 11.4. The first-order valence-corrected chi connectivity index (χ1v) is 5.16. The monoisotopic (exact) mass is 236 g/mol. The molecule has 4 nitrogen and oxygen atoms in total. The molecule has 0 saturated carbocycles. The van der Waals surface area contributed by atoms with Crippen molar-refractivity contribution >= 4 is 5.97 Å². The Balaban J connectivity index is 2.89. The molecule has 1 aromatic rings. The lowest BCUT2D eigenvalue weighted by Gasteiger charge is -2.17. The van der Waals surface area contributed by atoms with Crippen LogP contribution in [-0.4, -0.2) is 25.3 Å². The minimum Gasteiger partial charge on any atom is -0.497 e. The van der Waals surface area contributed by atoms with Crippen LogP contribution in [-0.2, 0) is 9.53 Å². The summed E-state index contributed by atoms with van der Waals surface area (Å²) in [6, 6.07) is 6.83. The molecule has 0 aliphatic heterocycles. The van der Waals surface area contributed by atoms with E-state index < -0.39 is 18.0 Å². The van der Waals surface area contributed by atoms with E-state index in [9.17, 15) is 9.90 Å². The molecule has 0 bridgehead atoms. The normalized spacial score (nSPS) is 13.6. The lowest BCUT2D eigenvalue weighted by atomic mass is 9.96. The zero-order chi connectivity index (χ0) is 12.8. The average molecular weight is 236 g/mol. The largest absolute Gasteiger partial charge is 0.497 e. The molecule has 1 rings (SSSR count). The predicted octanol–water partition coefficient (Wildman–Crippen LogP) is 1.70. The molecule has 2 atom stereocenters. The van der Waals surface area contributed by atoms with Gasteiger partial charge in [-0.1, -0.05) is 18.2 Å². The molecule has 17 heavy (non-hydrogen) atoms. The number of aliphatic hydroxyl groups is 1. The molecule has 0 aromatic heterocycles. The van der Waals surface area contributed by atoms with Crippen LogP contribution >= 0.6 is 0 Å². The standard InChI is InChI=1S/C13H16O4/c1-4-11(13(15)17-3)12(14)9-5-7-10(16-2)8-6-9/h4-8,11-12,14H,1H2,2-3H3. The Hall–Kier alpha value is -1.81. The highest BCUT2D eigenvalue weighted by Crippen LogP contribution is 2.25. The summed E-state index contributed by atoms with van der Waals surface area (Å²) in [7, 11) is 2.84. The fourth-order valence-electron chi connectivity index (χ4n) is 1.50. The molecule has 92 valence electrons. The quantitative estimate of drug-likeness (QED) is 0.624. The number of hydrogen-bond acceptors (Lipinski definition) is 4. The maximum atomic E-state index is 11.4. The van der Waals surface area contributed by atoms with Crippen molar-refractivity contribution in [3.8, 4) is 5.75 Å². The van der Waals surface area contributed by atoms with Crippen LogP contribution in [0.15, 0.2) is 36.9 Å². The zero-order valence-electron chi connectivity index (χ0n) is 9.92. The van der Waals surface area contributed by atoms with E-state index in [1.807, 2.05) is 0 Å². The topological polar surface area (TPSA) is 55.8 Å². The average Bonchev–Trinajstić information content (AvgIpc) is 2.39. The van der Waals surface area contributed by atoms with E-state index in [4.69, 9.17) is 4.74 Å². The molecule has 2 unspecified atom stereocenters. The van der Waals surface area contributed by atoms with Crippen LogP contribution in [0.4, 0.5) is 0 Å². The molecule has 1 N–H and O–H groups in total. The number of carbonyl (C=O) groups excluding carboxylic acids is 1. The maximum Gasteiger partial charge on any atom is 0.315 e. The second-order valence-electron chi connectivity index (χ2n) is 3.50. The van der Waals surface area contributed by atoms with Gasteiger partial charge in [-0.3, -0.25) is 4.79 Å². The van der Waals surface area contributed by atoms with Crippen LogP contribution in [0.25, 0.3) is 0 Å². The van der Waals surface area contributed by atoms with Crippen LogP contribution in [0.3, 0.4) is 0 Å².